The van der Waals surface area contributed by atoms with E-state index in [0.29, 0.717) is 12.0 Å². The van der Waals surface area contributed by atoms with Crippen molar-refractivity contribution in [1.82, 2.24) is 5.32 Å². The molecular weight excluding hydrogens is 258 g/mol. The van der Waals surface area contributed by atoms with Crippen molar-refractivity contribution in [2.75, 3.05) is 13.2 Å². The molecule has 0 heterocycles. The second-order valence-corrected chi connectivity index (χ2v) is 6.57. The first kappa shape index (κ1) is 16.4. The number of hydrogen-bond donors (Lipinski definition) is 1. The molecular formula is C19H31NO. The van der Waals surface area contributed by atoms with E-state index < -0.39 is 0 Å². The zero-order chi connectivity index (χ0) is 15.1. The maximum absolute atomic E-state index is 5.57. The summed E-state index contributed by atoms with van der Waals surface area (Å²) in [7, 11) is 0. The summed E-state index contributed by atoms with van der Waals surface area (Å²) in [5.41, 5.74) is 1.47. The number of ether oxygens (including phenoxy) is 1. The van der Waals surface area contributed by atoms with Crippen molar-refractivity contribution in [2.24, 2.45) is 5.92 Å². The number of nitrogens with one attached hydrogen (secondary N) is 1. The molecule has 21 heavy (non-hydrogen) atoms. The van der Waals surface area contributed by atoms with Crippen LogP contribution in [0.1, 0.15) is 64.4 Å². The van der Waals surface area contributed by atoms with Crippen molar-refractivity contribution in [3.8, 4) is 5.75 Å². The van der Waals surface area contributed by atoms with E-state index in [9.17, 15) is 0 Å². The quantitative estimate of drug-likeness (QED) is 0.782. The van der Waals surface area contributed by atoms with Crippen LogP contribution < -0.4 is 10.1 Å². The minimum absolute atomic E-state index is 0.554. The monoisotopic (exact) mass is 289 g/mol. The maximum Gasteiger partial charge on any atom is 0.119 e. The zero-order valence-electron chi connectivity index (χ0n) is 13.9. The largest absolute Gasteiger partial charge is 0.494 e. The lowest BCUT2D eigenvalue weighted by molar-refractivity contribution is 0.292. The predicted octanol–water partition coefficient (Wildman–Crippen LogP) is 4.75. The molecule has 0 saturated heterocycles. The molecule has 1 saturated carbocycles. The highest BCUT2D eigenvalue weighted by Crippen LogP contribution is 2.36. The van der Waals surface area contributed by atoms with E-state index in [-0.39, 0.29) is 0 Å². The van der Waals surface area contributed by atoms with E-state index in [4.69, 9.17) is 4.74 Å². The van der Waals surface area contributed by atoms with Crippen molar-refractivity contribution < 1.29 is 4.74 Å². The van der Waals surface area contributed by atoms with E-state index in [1.807, 2.05) is 6.92 Å². The smallest absolute Gasteiger partial charge is 0.119 e. The summed E-state index contributed by atoms with van der Waals surface area (Å²) in [5.74, 6) is 2.46. The molecule has 0 aliphatic heterocycles. The summed E-state index contributed by atoms with van der Waals surface area (Å²) in [6.07, 6.45) is 7.00. The van der Waals surface area contributed by atoms with Crippen molar-refractivity contribution in [2.45, 2.75) is 64.8 Å². The Kier molecular flexibility index (Phi) is 6.56. The molecule has 1 aliphatic rings. The highest BCUT2D eigenvalue weighted by atomic mass is 16.5. The lowest BCUT2D eigenvalue weighted by Crippen LogP contribution is -2.32. The second-order valence-electron chi connectivity index (χ2n) is 6.57. The standard InChI is InChI=1S/C19H31NO/c1-4-21-18-12-10-17(11-13-18)19(14-20-15(2)3)16-8-6-5-7-9-16/h10-13,15-16,19-20H,4-9,14H2,1-3H3. The molecule has 0 radical (unpaired) electrons. The summed E-state index contributed by atoms with van der Waals surface area (Å²) < 4.78 is 5.57. The topological polar surface area (TPSA) is 21.3 Å². The van der Waals surface area contributed by atoms with Crippen LogP contribution in [-0.2, 0) is 0 Å². The van der Waals surface area contributed by atoms with Gasteiger partial charge >= 0.3 is 0 Å². The lowest BCUT2D eigenvalue weighted by Gasteiger charge is -2.31. The molecule has 1 N–H and O–H groups in total. The van der Waals surface area contributed by atoms with E-state index >= 15 is 0 Å². The third kappa shape index (κ3) is 5.03. The first-order valence-corrected chi connectivity index (χ1v) is 8.66. The van der Waals surface area contributed by atoms with Gasteiger partial charge in [-0.05, 0) is 49.3 Å². The maximum atomic E-state index is 5.57. The highest BCUT2D eigenvalue weighted by Gasteiger charge is 2.25. The number of hydrogen-bond acceptors (Lipinski definition) is 2. The van der Waals surface area contributed by atoms with Gasteiger partial charge in [0.05, 0.1) is 6.61 Å². The van der Waals surface area contributed by atoms with Crippen molar-refractivity contribution in [1.29, 1.82) is 0 Å². The molecule has 1 aliphatic carbocycles. The number of benzene rings is 1. The lowest BCUT2D eigenvalue weighted by atomic mass is 9.76. The molecule has 118 valence electrons. The van der Waals surface area contributed by atoms with Crippen molar-refractivity contribution in [3.05, 3.63) is 29.8 Å². The molecule has 2 nitrogen and oxygen atoms in total. The Hall–Kier alpha value is -1.02. The Morgan fingerprint density at radius 3 is 2.33 bits per heavy atom. The van der Waals surface area contributed by atoms with Gasteiger partial charge in [0.25, 0.3) is 0 Å². The second kappa shape index (κ2) is 8.43. The van der Waals surface area contributed by atoms with Crippen molar-refractivity contribution in [3.63, 3.8) is 0 Å². The van der Waals surface area contributed by atoms with Crippen LogP contribution in [0.4, 0.5) is 0 Å². The van der Waals surface area contributed by atoms with Gasteiger partial charge in [-0.15, -0.1) is 0 Å². The van der Waals surface area contributed by atoms with E-state index in [1.54, 1.807) is 0 Å². The molecule has 1 fully saturated rings. The molecule has 2 rings (SSSR count). The van der Waals surface area contributed by atoms with Crippen LogP contribution in [0.5, 0.6) is 5.75 Å². The van der Waals surface area contributed by atoms with Crippen LogP contribution in [0.3, 0.4) is 0 Å². The Morgan fingerprint density at radius 1 is 1.10 bits per heavy atom. The minimum Gasteiger partial charge on any atom is -0.494 e. The van der Waals surface area contributed by atoms with Gasteiger partial charge in [-0.3, -0.25) is 0 Å². The predicted molar refractivity (Wildman–Crippen MR) is 90.1 cm³/mol. The van der Waals surface area contributed by atoms with Gasteiger partial charge in [-0.25, -0.2) is 0 Å². The summed E-state index contributed by atoms with van der Waals surface area (Å²) in [6.45, 7) is 8.33. The third-order valence-corrected chi connectivity index (χ3v) is 4.58. The van der Waals surface area contributed by atoms with Gasteiger partial charge < -0.3 is 10.1 Å². The molecule has 0 aromatic heterocycles. The molecule has 1 aromatic rings. The highest BCUT2D eigenvalue weighted by molar-refractivity contribution is 5.30. The SMILES string of the molecule is CCOc1ccc(C(CNC(C)C)C2CCCCC2)cc1. The fourth-order valence-electron chi connectivity index (χ4n) is 3.43. The first-order chi connectivity index (χ1) is 10.2. The van der Waals surface area contributed by atoms with Crippen LogP contribution >= 0.6 is 0 Å². The van der Waals surface area contributed by atoms with Crippen LogP contribution in [0.25, 0.3) is 0 Å². The fourth-order valence-corrected chi connectivity index (χ4v) is 3.43. The average Bonchev–Trinajstić information content (AvgIpc) is 2.50. The van der Waals surface area contributed by atoms with Crippen LogP contribution in [-0.4, -0.2) is 19.2 Å². The van der Waals surface area contributed by atoms with Gasteiger partial charge in [-0.2, -0.15) is 0 Å². The minimum atomic E-state index is 0.554. The number of rotatable bonds is 7. The summed E-state index contributed by atoms with van der Waals surface area (Å²) in [5, 5.41) is 3.65. The molecule has 0 spiro atoms. The summed E-state index contributed by atoms with van der Waals surface area (Å²) in [4.78, 5) is 0. The van der Waals surface area contributed by atoms with Crippen LogP contribution in [0.2, 0.25) is 0 Å². The van der Waals surface area contributed by atoms with Crippen LogP contribution in [0.15, 0.2) is 24.3 Å². The van der Waals surface area contributed by atoms with E-state index in [0.717, 1.165) is 24.8 Å². The van der Waals surface area contributed by atoms with Gasteiger partial charge in [0.15, 0.2) is 0 Å². The van der Waals surface area contributed by atoms with E-state index in [2.05, 4.69) is 43.4 Å². The van der Waals surface area contributed by atoms with Crippen LogP contribution in [0, 0.1) is 5.92 Å². The molecule has 1 atom stereocenters. The first-order valence-electron chi connectivity index (χ1n) is 8.66. The molecule has 2 heteroatoms. The molecule has 0 amide bonds. The van der Waals surface area contributed by atoms with Crippen molar-refractivity contribution >= 4 is 0 Å². The van der Waals surface area contributed by atoms with Gasteiger partial charge in [0, 0.05) is 12.6 Å². The van der Waals surface area contributed by atoms with Gasteiger partial charge in [-0.1, -0.05) is 45.2 Å². The zero-order valence-corrected chi connectivity index (χ0v) is 13.9. The average molecular weight is 289 g/mol. The summed E-state index contributed by atoms with van der Waals surface area (Å²) >= 11 is 0. The summed E-state index contributed by atoms with van der Waals surface area (Å²) in [6, 6.07) is 9.35. The molecule has 1 unspecified atom stereocenters. The molecule has 0 bridgehead atoms. The van der Waals surface area contributed by atoms with Gasteiger partial charge in [0.1, 0.15) is 5.75 Å². The Balaban J connectivity index is 2.08. The molecule has 1 aromatic carbocycles. The Morgan fingerprint density at radius 2 is 1.76 bits per heavy atom. The van der Waals surface area contributed by atoms with Gasteiger partial charge in [0.2, 0.25) is 0 Å². The Bertz CT molecular complexity index is 393. The Labute approximate surface area is 130 Å². The fraction of sp³-hybridized carbons (Fsp3) is 0.684. The third-order valence-electron chi connectivity index (χ3n) is 4.58. The normalized spacial score (nSPS) is 17.9. The van der Waals surface area contributed by atoms with E-state index in [1.165, 1.54) is 37.7 Å².